The lowest BCUT2D eigenvalue weighted by Gasteiger charge is -2.24. The number of carbonyl (C=O) groups excluding carboxylic acids is 1. The van der Waals surface area contributed by atoms with Crippen molar-refractivity contribution in [3.8, 4) is 0 Å². The molecule has 0 saturated heterocycles. The Balaban J connectivity index is 1.83. The Bertz CT molecular complexity index is 427. The summed E-state index contributed by atoms with van der Waals surface area (Å²) in [4.78, 5) is 14.1. The molecule has 1 fully saturated rings. The van der Waals surface area contributed by atoms with E-state index < -0.39 is 0 Å². The number of nitrogens with zero attached hydrogens (tertiary/aromatic N) is 1. The maximum Gasteiger partial charge on any atom is 0.237 e. The monoisotopic (exact) mass is 328 g/mol. The van der Waals surface area contributed by atoms with Gasteiger partial charge in [0.25, 0.3) is 0 Å². The third kappa shape index (κ3) is 4.08. The van der Waals surface area contributed by atoms with E-state index in [4.69, 9.17) is 4.42 Å². The number of hydrogen-bond acceptors (Lipinski definition) is 3. The van der Waals surface area contributed by atoms with Gasteiger partial charge in [-0.15, -0.1) is 0 Å². The van der Waals surface area contributed by atoms with Crippen molar-refractivity contribution in [1.29, 1.82) is 0 Å². The van der Waals surface area contributed by atoms with Crippen LogP contribution < -0.4 is 5.32 Å². The SMILES string of the molecule is CC(C(=O)NC1CCCC1)N(C)Cc1ccc(Br)o1. The summed E-state index contributed by atoms with van der Waals surface area (Å²) in [6.07, 6.45) is 4.70. The molecule has 1 amide bonds. The van der Waals surface area contributed by atoms with Gasteiger partial charge in [-0.25, -0.2) is 0 Å². The molecule has 1 aliphatic carbocycles. The fourth-order valence-electron chi connectivity index (χ4n) is 2.41. The van der Waals surface area contributed by atoms with E-state index in [1.165, 1.54) is 12.8 Å². The molecule has 1 atom stereocenters. The fourth-order valence-corrected chi connectivity index (χ4v) is 2.75. The van der Waals surface area contributed by atoms with Gasteiger partial charge in [0.15, 0.2) is 4.67 Å². The van der Waals surface area contributed by atoms with Gasteiger partial charge in [-0.05, 0) is 54.9 Å². The van der Waals surface area contributed by atoms with Crippen molar-refractivity contribution in [2.24, 2.45) is 0 Å². The first-order valence-corrected chi connectivity index (χ1v) is 7.60. The second-order valence-electron chi connectivity index (χ2n) is 5.29. The first-order chi connectivity index (χ1) is 9.06. The minimum atomic E-state index is -0.149. The van der Waals surface area contributed by atoms with E-state index in [1.807, 2.05) is 31.0 Å². The van der Waals surface area contributed by atoms with Crippen LogP contribution in [-0.4, -0.2) is 29.9 Å². The van der Waals surface area contributed by atoms with Gasteiger partial charge in [0, 0.05) is 6.04 Å². The predicted octanol–water partition coefficient (Wildman–Crippen LogP) is 2.92. The average Bonchev–Trinajstić information content (AvgIpc) is 3.00. The van der Waals surface area contributed by atoms with Gasteiger partial charge in [-0.1, -0.05) is 12.8 Å². The van der Waals surface area contributed by atoms with Gasteiger partial charge in [0.1, 0.15) is 5.76 Å². The van der Waals surface area contributed by atoms with Crippen LogP contribution in [0.3, 0.4) is 0 Å². The van der Waals surface area contributed by atoms with E-state index in [0.717, 1.165) is 23.3 Å². The minimum absolute atomic E-state index is 0.111. The molecule has 19 heavy (non-hydrogen) atoms. The number of hydrogen-bond donors (Lipinski definition) is 1. The number of nitrogens with one attached hydrogen (secondary N) is 1. The molecule has 2 rings (SSSR count). The predicted molar refractivity (Wildman–Crippen MR) is 77.7 cm³/mol. The number of carbonyl (C=O) groups is 1. The van der Waals surface area contributed by atoms with Gasteiger partial charge in [0.2, 0.25) is 5.91 Å². The molecule has 0 radical (unpaired) electrons. The molecule has 106 valence electrons. The molecule has 0 spiro atoms. The fraction of sp³-hybridized carbons (Fsp3) is 0.643. The van der Waals surface area contributed by atoms with Crippen LogP contribution in [0.25, 0.3) is 0 Å². The second-order valence-corrected chi connectivity index (χ2v) is 6.07. The lowest BCUT2D eigenvalue weighted by atomic mass is 10.2. The van der Waals surface area contributed by atoms with Crippen molar-refractivity contribution in [2.75, 3.05) is 7.05 Å². The molecular formula is C14H21BrN2O2. The van der Waals surface area contributed by atoms with Crippen molar-refractivity contribution in [2.45, 2.75) is 51.2 Å². The molecule has 5 heteroatoms. The molecule has 1 aliphatic rings. The summed E-state index contributed by atoms with van der Waals surface area (Å²) in [5, 5.41) is 3.13. The molecule has 1 aromatic rings. The third-order valence-electron chi connectivity index (χ3n) is 3.78. The molecule has 0 aliphatic heterocycles. The van der Waals surface area contributed by atoms with Crippen LogP contribution in [0.4, 0.5) is 0 Å². The number of likely N-dealkylation sites (N-methyl/N-ethyl adjacent to an activating group) is 1. The van der Waals surface area contributed by atoms with Crippen LogP contribution in [0.5, 0.6) is 0 Å². The Labute approximate surface area is 122 Å². The Morgan fingerprint density at radius 1 is 1.53 bits per heavy atom. The number of amides is 1. The zero-order valence-electron chi connectivity index (χ0n) is 11.5. The summed E-state index contributed by atoms with van der Waals surface area (Å²) in [6.45, 7) is 2.56. The van der Waals surface area contributed by atoms with E-state index in [-0.39, 0.29) is 11.9 Å². The average molecular weight is 329 g/mol. The normalized spacial score (nSPS) is 17.9. The Kier molecular flexibility index (Phi) is 5.05. The largest absolute Gasteiger partial charge is 0.453 e. The van der Waals surface area contributed by atoms with E-state index >= 15 is 0 Å². The molecule has 1 aromatic heterocycles. The molecule has 1 saturated carbocycles. The van der Waals surface area contributed by atoms with Gasteiger partial charge >= 0.3 is 0 Å². The molecule has 1 N–H and O–H groups in total. The van der Waals surface area contributed by atoms with Crippen molar-refractivity contribution in [3.63, 3.8) is 0 Å². The second kappa shape index (κ2) is 6.57. The van der Waals surface area contributed by atoms with Gasteiger partial charge in [-0.2, -0.15) is 0 Å². The third-order valence-corrected chi connectivity index (χ3v) is 4.20. The summed E-state index contributed by atoms with van der Waals surface area (Å²) in [6, 6.07) is 4.01. The van der Waals surface area contributed by atoms with E-state index in [2.05, 4.69) is 21.2 Å². The minimum Gasteiger partial charge on any atom is -0.453 e. The van der Waals surface area contributed by atoms with Crippen molar-refractivity contribution in [1.82, 2.24) is 10.2 Å². The van der Waals surface area contributed by atoms with Gasteiger partial charge < -0.3 is 9.73 Å². The number of rotatable bonds is 5. The molecule has 1 unspecified atom stereocenters. The molecule has 1 heterocycles. The summed E-state index contributed by atoms with van der Waals surface area (Å²) < 4.78 is 6.18. The highest BCUT2D eigenvalue weighted by Gasteiger charge is 2.23. The lowest BCUT2D eigenvalue weighted by molar-refractivity contribution is -0.126. The van der Waals surface area contributed by atoms with Gasteiger partial charge in [0.05, 0.1) is 12.6 Å². The van der Waals surface area contributed by atoms with Crippen LogP contribution in [-0.2, 0) is 11.3 Å². The van der Waals surface area contributed by atoms with Crippen LogP contribution in [0.15, 0.2) is 21.2 Å². The molecule has 4 nitrogen and oxygen atoms in total. The number of furan rings is 1. The highest BCUT2D eigenvalue weighted by atomic mass is 79.9. The highest BCUT2D eigenvalue weighted by Crippen LogP contribution is 2.19. The zero-order valence-corrected chi connectivity index (χ0v) is 13.1. The topological polar surface area (TPSA) is 45.5 Å². The quantitative estimate of drug-likeness (QED) is 0.903. The van der Waals surface area contributed by atoms with E-state index in [1.54, 1.807) is 0 Å². The first-order valence-electron chi connectivity index (χ1n) is 6.81. The van der Waals surface area contributed by atoms with Crippen LogP contribution in [0.2, 0.25) is 0 Å². The van der Waals surface area contributed by atoms with Crippen LogP contribution in [0.1, 0.15) is 38.4 Å². The van der Waals surface area contributed by atoms with Crippen molar-refractivity contribution in [3.05, 3.63) is 22.6 Å². The standard InChI is InChI=1S/C14H21BrN2O2/c1-10(14(18)16-11-5-3-4-6-11)17(2)9-12-7-8-13(15)19-12/h7-8,10-11H,3-6,9H2,1-2H3,(H,16,18). The molecule has 0 aromatic carbocycles. The smallest absolute Gasteiger partial charge is 0.237 e. The van der Waals surface area contributed by atoms with E-state index in [0.29, 0.717) is 12.6 Å². The maximum atomic E-state index is 12.1. The summed E-state index contributed by atoms with van der Waals surface area (Å²) in [5.74, 6) is 0.968. The Morgan fingerprint density at radius 3 is 2.79 bits per heavy atom. The van der Waals surface area contributed by atoms with Crippen LogP contribution >= 0.6 is 15.9 Å². The summed E-state index contributed by atoms with van der Waals surface area (Å²) >= 11 is 3.28. The summed E-state index contributed by atoms with van der Waals surface area (Å²) in [5.41, 5.74) is 0. The molecular weight excluding hydrogens is 308 g/mol. The summed E-state index contributed by atoms with van der Waals surface area (Å²) in [7, 11) is 1.94. The van der Waals surface area contributed by atoms with Crippen molar-refractivity contribution < 1.29 is 9.21 Å². The zero-order chi connectivity index (χ0) is 13.8. The highest BCUT2D eigenvalue weighted by molar-refractivity contribution is 9.10. The molecule has 0 bridgehead atoms. The first kappa shape index (κ1) is 14.6. The van der Waals surface area contributed by atoms with Crippen molar-refractivity contribution >= 4 is 21.8 Å². The Hall–Kier alpha value is -0.810. The lowest BCUT2D eigenvalue weighted by Crippen LogP contribution is -2.45. The van der Waals surface area contributed by atoms with E-state index in [9.17, 15) is 4.79 Å². The van der Waals surface area contributed by atoms with Gasteiger partial charge in [-0.3, -0.25) is 9.69 Å². The number of halogens is 1. The van der Waals surface area contributed by atoms with Crippen LogP contribution in [0, 0.1) is 0 Å². The maximum absolute atomic E-state index is 12.1. The Morgan fingerprint density at radius 2 is 2.21 bits per heavy atom.